The van der Waals surface area contributed by atoms with Crippen LogP contribution >= 0.6 is 0 Å². The Hall–Kier alpha value is -3.28. The van der Waals surface area contributed by atoms with E-state index in [1.54, 1.807) is 31.2 Å². The van der Waals surface area contributed by atoms with Gasteiger partial charge < -0.3 is 19.5 Å². The van der Waals surface area contributed by atoms with E-state index in [1.807, 2.05) is 24.3 Å². The Morgan fingerprint density at radius 1 is 1.00 bits per heavy atom. The van der Waals surface area contributed by atoms with Gasteiger partial charge in [-0.05, 0) is 48.2 Å². The number of para-hydroxylation sites is 1. The fraction of sp³-hybridized carbons (Fsp3) is 0.304. The van der Waals surface area contributed by atoms with Crippen LogP contribution in [-0.2, 0) is 14.3 Å². The van der Waals surface area contributed by atoms with Gasteiger partial charge in [-0.15, -0.1) is 0 Å². The first-order valence-corrected chi connectivity index (χ1v) is 9.36. The zero-order valence-corrected chi connectivity index (χ0v) is 17.4. The van der Waals surface area contributed by atoms with Crippen molar-refractivity contribution < 1.29 is 23.8 Å². The number of methoxy groups -OCH3 is 2. The zero-order valence-electron chi connectivity index (χ0n) is 17.4. The number of anilines is 1. The van der Waals surface area contributed by atoms with Gasteiger partial charge >= 0.3 is 5.97 Å². The number of carbonyl (C=O) groups excluding carboxylic acids is 2. The Morgan fingerprint density at radius 2 is 1.72 bits per heavy atom. The monoisotopic (exact) mass is 397 g/mol. The fourth-order valence-corrected chi connectivity index (χ4v) is 2.71. The molecule has 2 rings (SSSR count). The fourth-order valence-electron chi connectivity index (χ4n) is 2.71. The molecule has 2 aromatic carbocycles. The number of benzene rings is 2. The summed E-state index contributed by atoms with van der Waals surface area (Å²) >= 11 is 0. The molecule has 0 aliphatic heterocycles. The minimum atomic E-state index is -0.736. The van der Waals surface area contributed by atoms with E-state index >= 15 is 0 Å². The number of ether oxygens (including phenoxy) is 3. The van der Waals surface area contributed by atoms with E-state index in [9.17, 15) is 9.59 Å². The van der Waals surface area contributed by atoms with Gasteiger partial charge in [0.2, 0.25) is 0 Å². The Labute approximate surface area is 171 Å². The molecule has 154 valence electrons. The summed E-state index contributed by atoms with van der Waals surface area (Å²) in [6, 6.07) is 12.9. The van der Waals surface area contributed by atoms with Crippen LogP contribution in [0.15, 0.2) is 48.5 Å². The SMILES string of the molecule is COC(=O)/C=C/c1ccc(OC(C)C(=O)Nc2ccccc2C(C)C)c(OC)c1. The Morgan fingerprint density at radius 3 is 2.38 bits per heavy atom. The quantitative estimate of drug-likeness (QED) is 0.528. The molecule has 1 unspecified atom stereocenters. The molecular weight excluding hydrogens is 370 g/mol. The first-order chi connectivity index (χ1) is 13.8. The molecule has 2 aromatic rings. The van der Waals surface area contributed by atoms with Gasteiger partial charge in [0.1, 0.15) is 0 Å². The summed E-state index contributed by atoms with van der Waals surface area (Å²) in [6.45, 7) is 5.83. The third-order valence-electron chi connectivity index (χ3n) is 4.31. The van der Waals surface area contributed by atoms with E-state index in [1.165, 1.54) is 20.3 Å². The molecule has 0 saturated carbocycles. The Kier molecular flexibility index (Phi) is 7.83. The van der Waals surface area contributed by atoms with Gasteiger partial charge in [0.15, 0.2) is 17.6 Å². The minimum absolute atomic E-state index is 0.255. The number of rotatable bonds is 8. The van der Waals surface area contributed by atoms with Crippen molar-refractivity contribution in [1.29, 1.82) is 0 Å². The number of esters is 1. The number of nitrogens with one attached hydrogen (secondary N) is 1. The number of amides is 1. The normalized spacial score (nSPS) is 11.9. The maximum absolute atomic E-state index is 12.6. The Bertz CT molecular complexity index is 889. The van der Waals surface area contributed by atoms with Crippen molar-refractivity contribution in [3.63, 3.8) is 0 Å². The van der Waals surface area contributed by atoms with Crippen LogP contribution in [0.5, 0.6) is 11.5 Å². The number of hydrogen-bond donors (Lipinski definition) is 1. The molecule has 1 N–H and O–H groups in total. The summed E-state index contributed by atoms with van der Waals surface area (Å²) in [5, 5.41) is 2.93. The van der Waals surface area contributed by atoms with Gasteiger partial charge in [-0.25, -0.2) is 4.79 Å². The lowest BCUT2D eigenvalue weighted by Crippen LogP contribution is -2.30. The molecular formula is C23H27NO5. The van der Waals surface area contributed by atoms with Gasteiger partial charge in [-0.3, -0.25) is 4.79 Å². The number of carbonyl (C=O) groups is 2. The molecule has 0 saturated heterocycles. The second-order valence-electron chi connectivity index (χ2n) is 6.76. The average Bonchev–Trinajstić information content (AvgIpc) is 2.72. The van der Waals surface area contributed by atoms with Crippen LogP contribution in [0, 0.1) is 0 Å². The molecule has 1 atom stereocenters. The van der Waals surface area contributed by atoms with Gasteiger partial charge in [0, 0.05) is 11.8 Å². The molecule has 0 heterocycles. The van der Waals surface area contributed by atoms with E-state index in [-0.39, 0.29) is 11.8 Å². The predicted octanol–water partition coefficient (Wildman–Crippen LogP) is 4.41. The average molecular weight is 397 g/mol. The van der Waals surface area contributed by atoms with E-state index in [0.717, 1.165) is 16.8 Å². The van der Waals surface area contributed by atoms with Crippen LogP contribution in [0.1, 0.15) is 37.8 Å². The third-order valence-corrected chi connectivity index (χ3v) is 4.31. The van der Waals surface area contributed by atoms with Crippen LogP contribution in [0.3, 0.4) is 0 Å². The van der Waals surface area contributed by atoms with Gasteiger partial charge in [0.25, 0.3) is 5.91 Å². The molecule has 0 aliphatic carbocycles. The van der Waals surface area contributed by atoms with Crippen LogP contribution in [0.25, 0.3) is 6.08 Å². The summed E-state index contributed by atoms with van der Waals surface area (Å²) in [6.07, 6.45) is 2.19. The predicted molar refractivity (Wildman–Crippen MR) is 113 cm³/mol. The Balaban J connectivity index is 2.11. The molecule has 0 fully saturated rings. The highest BCUT2D eigenvalue weighted by molar-refractivity contribution is 5.95. The largest absolute Gasteiger partial charge is 0.493 e. The van der Waals surface area contributed by atoms with Crippen LogP contribution < -0.4 is 14.8 Å². The van der Waals surface area contributed by atoms with E-state index in [2.05, 4.69) is 23.9 Å². The summed E-state index contributed by atoms with van der Waals surface area (Å²) in [5.74, 6) is 0.473. The molecule has 29 heavy (non-hydrogen) atoms. The van der Waals surface area contributed by atoms with Crippen molar-refractivity contribution in [3.8, 4) is 11.5 Å². The van der Waals surface area contributed by atoms with Crippen molar-refractivity contribution in [2.45, 2.75) is 32.8 Å². The van der Waals surface area contributed by atoms with Gasteiger partial charge in [-0.2, -0.15) is 0 Å². The molecule has 6 nitrogen and oxygen atoms in total. The summed E-state index contributed by atoms with van der Waals surface area (Å²) in [5.41, 5.74) is 2.58. The number of hydrogen-bond acceptors (Lipinski definition) is 5. The summed E-state index contributed by atoms with van der Waals surface area (Å²) in [7, 11) is 2.83. The van der Waals surface area contributed by atoms with Crippen LogP contribution in [-0.4, -0.2) is 32.2 Å². The molecule has 0 aromatic heterocycles. The van der Waals surface area contributed by atoms with Crippen molar-refractivity contribution in [2.75, 3.05) is 19.5 Å². The van der Waals surface area contributed by atoms with E-state index in [0.29, 0.717) is 11.5 Å². The van der Waals surface area contributed by atoms with Crippen LogP contribution in [0.4, 0.5) is 5.69 Å². The first kappa shape index (κ1) is 22.0. The molecule has 0 bridgehead atoms. The van der Waals surface area contributed by atoms with Crippen LogP contribution in [0.2, 0.25) is 0 Å². The maximum Gasteiger partial charge on any atom is 0.330 e. The molecule has 1 amide bonds. The standard InChI is InChI=1S/C23H27NO5/c1-15(2)18-8-6-7-9-19(18)24-23(26)16(3)29-20-12-10-17(14-21(20)27-4)11-13-22(25)28-5/h6-16H,1-5H3,(H,24,26)/b13-11+. The van der Waals surface area contributed by atoms with Crippen molar-refractivity contribution in [1.82, 2.24) is 0 Å². The smallest absolute Gasteiger partial charge is 0.330 e. The highest BCUT2D eigenvalue weighted by atomic mass is 16.5. The van der Waals surface area contributed by atoms with Crippen molar-refractivity contribution >= 4 is 23.6 Å². The van der Waals surface area contributed by atoms with E-state index in [4.69, 9.17) is 9.47 Å². The lowest BCUT2D eigenvalue weighted by molar-refractivity contribution is -0.134. The van der Waals surface area contributed by atoms with Gasteiger partial charge in [0.05, 0.1) is 14.2 Å². The topological polar surface area (TPSA) is 73.9 Å². The van der Waals surface area contributed by atoms with Gasteiger partial charge in [-0.1, -0.05) is 38.1 Å². The summed E-state index contributed by atoms with van der Waals surface area (Å²) in [4.78, 5) is 23.9. The lowest BCUT2D eigenvalue weighted by Gasteiger charge is -2.19. The molecule has 0 aliphatic rings. The minimum Gasteiger partial charge on any atom is -0.493 e. The van der Waals surface area contributed by atoms with Crippen molar-refractivity contribution in [2.24, 2.45) is 0 Å². The maximum atomic E-state index is 12.6. The second-order valence-corrected chi connectivity index (χ2v) is 6.76. The molecule has 0 radical (unpaired) electrons. The lowest BCUT2D eigenvalue weighted by atomic mass is 10.0. The highest BCUT2D eigenvalue weighted by Crippen LogP contribution is 2.30. The zero-order chi connectivity index (χ0) is 21.4. The third kappa shape index (κ3) is 6.10. The molecule has 6 heteroatoms. The second kappa shape index (κ2) is 10.3. The first-order valence-electron chi connectivity index (χ1n) is 9.36. The summed E-state index contributed by atoms with van der Waals surface area (Å²) < 4.78 is 15.8. The van der Waals surface area contributed by atoms with E-state index < -0.39 is 12.1 Å². The van der Waals surface area contributed by atoms with Crippen molar-refractivity contribution in [3.05, 3.63) is 59.7 Å². The molecule has 0 spiro atoms. The highest BCUT2D eigenvalue weighted by Gasteiger charge is 2.19.